The van der Waals surface area contributed by atoms with Crippen LogP contribution in [0, 0.1) is 0 Å². The van der Waals surface area contributed by atoms with Crippen LogP contribution >= 0.6 is 0 Å². The number of esters is 1. The van der Waals surface area contributed by atoms with Crippen molar-refractivity contribution < 1.29 is 14.3 Å². The standard InChI is InChI=1S/C11H16N4O3/c1-15(11-13-5-3-6-14-11)8-9(16)12-7-4-10(17)18-2/h3,5-6H,4,7-8H2,1-2H3,(H,12,16). The summed E-state index contributed by atoms with van der Waals surface area (Å²) in [7, 11) is 3.03. The average molecular weight is 252 g/mol. The Hall–Kier alpha value is -2.18. The van der Waals surface area contributed by atoms with Crippen LogP contribution in [0.3, 0.4) is 0 Å². The SMILES string of the molecule is COC(=O)CCNC(=O)CN(C)c1ncccn1. The van der Waals surface area contributed by atoms with Crippen molar-refractivity contribution in [1.82, 2.24) is 15.3 Å². The van der Waals surface area contributed by atoms with Gasteiger partial charge in [-0.05, 0) is 6.07 Å². The quantitative estimate of drug-likeness (QED) is 0.693. The van der Waals surface area contributed by atoms with E-state index in [-0.39, 0.29) is 31.4 Å². The smallest absolute Gasteiger partial charge is 0.307 e. The zero-order valence-electron chi connectivity index (χ0n) is 10.4. The van der Waals surface area contributed by atoms with Gasteiger partial charge in [0.25, 0.3) is 0 Å². The van der Waals surface area contributed by atoms with Gasteiger partial charge in [0.2, 0.25) is 11.9 Å². The molecular weight excluding hydrogens is 236 g/mol. The van der Waals surface area contributed by atoms with E-state index in [1.807, 2.05) is 0 Å². The number of ether oxygens (including phenoxy) is 1. The number of hydrogen-bond acceptors (Lipinski definition) is 6. The maximum atomic E-state index is 11.5. The van der Waals surface area contributed by atoms with Crippen LogP contribution in [-0.4, -0.2) is 49.1 Å². The van der Waals surface area contributed by atoms with Crippen LogP contribution in [-0.2, 0) is 14.3 Å². The Morgan fingerprint density at radius 3 is 2.67 bits per heavy atom. The van der Waals surface area contributed by atoms with Crippen molar-refractivity contribution in [2.75, 3.05) is 32.1 Å². The van der Waals surface area contributed by atoms with Crippen molar-refractivity contribution in [1.29, 1.82) is 0 Å². The van der Waals surface area contributed by atoms with Crippen LogP contribution in [0.2, 0.25) is 0 Å². The van der Waals surface area contributed by atoms with E-state index in [0.717, 1.165) is 0 Å². The number of amides is 1. The van der Waals surface area contributed by atoms with Gasteiger partial charge in [-0.3, -0.25) is 9.59 Å². The molecule has 0 aliphatic heterocycles. The third-order valence-electron chi connectivity index (χ3n) is 2.15. The molecule has 1 N–H and O–H groups in total. The van der Waals surface area contributed by atoms with Crippen molar-refractivity contribution in [2.45, 2.75) is 6.42 Å². The van der Waals surface area contributed by atoms with Crippen LogP contribution in [0.4, 0.5) is 5.95 Å². The Labute approximate surface area is 105 Å². The van der Waals surface area contributed by atoms with Gasteiger partial charge in [-0.25, -0.2) is 9.97 Å². The molecule has 1 aromatic rings. The molecule has 18 heavy (non-hydrogen) atoms. The van der Waals surface area contributed by atoms with Gasteiger partial charge >= 0.3 is 5.97 Å². The molecule has 0 saturated heterocycles. The Morgan fingerprint density at radius 2 is 2.06 bits per heavy atom. The summed E-state index contributed by atoms with van der Waals surface area (Å²) in [6.45, 7) is 0.389. The lowest BCUT2D eigenvalue weighted by molar-refractivity contribution is -0.140. The fourth-order valence-electron chi connectivity index (χ4n) is 1.24. The van der Waals surface area contributed by atoms with E-state index in [9.17, 15) is 9.59 Å². The summed E-state index contributed by atoms with van der Waals surface area (Å²) in [6, 6.07) is 1.70. The number of likely N-dealkylation sites (N-methyl/N-ethyl adjacent to an activating group) is 1. The molecule has 0 aromatic carbocycles. The van der Waals surface area contributed by atoms with E-state index >= 15 is 0 Å². The molecule has 0 spiro atoms. The number of methoxy groups -OCH3 is 1. The molecule has 0 aliphatic carbocycles. The minimum absolute atomic E-state index is 0.130. The summed E-state index contributed by atoms with van der Waals surface area (Å²) >= 11 is 0. The highest BCUT2D eigenvalue weighted by Gasteiger charge is 2.09. The Morgan fingerprint density at radius 1 is 1.39 bits per heavy atom. The highest BCUT2D eigenvalue weighted by Crippen LogP contribution is 2.00. The van der Waals surface area contributed by atoms with Crippen LogP contribution in [0.15, 0.2) is 18.5 Å². The molecule has 98 valence electrons. The monoisotopic (exact) mass is 252 g/mol. The van der Waals surface area contributed by atoms with E-state index in [1.165, 1.54) is 7.11 Å². The molecule has 7 heteroatoms. The zero-order chi connectivity index (χ0) is 13.4. The van der Waals surface area contributed by atoms with Gasteiger partial charge in [0, 0.05) is 26.0 Å². The molecule has 0 saturated carbocycles. The first-order chi connectivity index (χ1) is 8.63. The van der Waals surface area contributed by atoms with Gasteiger partial charge in [-0.15, -0.1) is 0 Å². The number of anilines is 1. The molecule has 1 aromatic heterocycles. The van der Waals surface area contributed by atoms with E-state index in [4.69, 9.17) is 0 Å². The van der Waals surface area contributed by atoms with Crippen LogP contribution in [0.25, 0.3) is 0 Å². The average Bonchev–Trinajstić information content (AvgIpc) is 2.39. The first-order valence-electron chi connectivity index (χ1n) is 5.45. The first-order valence-corrected chi connectivity index (χ1v) is 5.45. The van der Waals surface area contributed by atoms with Crippen LogP contribution < -0.4 is 10.2 Å². The predicted molar refractivity (Wildman–Crippen MR) is 64.9 cm³/mol. The van der Waals surface area contributed by atoms with Crippen molar-refractivity contribution >= 4 is 17.8 Å². The molecule has 7 nitrogen and oxygen atoms in total. The Kier molecular flexibility index (Phi) is 5.56. The summed E-state index contributed by atoms with van der Waals surface area (Å²) in [5.41, 5.74) is 0. The second-order valence-electron chi connectivity index (χ2n) is 3.58. The molecule has 0 aliphatic rings. The summed E-state index contributed by atoms with van der Waals surface area (Å²) in [6.07, 6.45) is 3.37. The number of rotatable bonds is 6. The normalized spacial score (nSPS) is 9.67. The summed E-state index contributed by atoms with van der Waals surface area (Å²) in [5, 5.41) is 2.61. The van der Waals surface area contributed by atoms with E-state index in [0.29, 0.717) is 5.95 Å². The highest BCUT2D eigenvalue weighted by atomic mass is 16.5. The molecule has 0 atom stereocenters. The van der Waals surface area contributed by atoms with Crippen molar-refractivity contribution in [3.05, 3.63) is 18.5 Å². The largest absolute Gasteiger partial charge is 0.469 e. The maximum absolute atomic E-state index is 11.5. The fraction of sp³-hybridized carbons (Fsp3) is 0.455. The van der Waals surface area contributed by atoms with Crippen molar-refractivity contribution in [3.63, 3.8) is 0 Å². The molecule has 1 amide bonds. The van der Waals surface area contributed by atoms with Gasteiger partial charge in [0.15, 0.2) is 0 Å². The molecule has 1 heterocycles. The minimum atomic E-state index is -0.352. The highest BCUT2D eigenvalue weighted by molar-refractivity contribution is 5.81. The van der Waals surface area contributed by atoms with Crippen LogP contribution in [0.1, 0.15) is 6.42 Å². The number of carbonyl (C=O) groups is 2. The lowest BCUT2D eigenvalue weighted by atomic mass is 10.4. The number of nitrogens with zero attached hydrogens (tertiary/aromatic N) is 3. The van der Waals surface area contributed by atoms with Gasteiger partial charge < -0.3 is 15.0 Å². The number of nitrogens with one attached hydrogen (secondary N) is 1. The number of carbonyl (C=O) groups excluding carboxylic acids is 2. The molecule has 1 rings (SSSR count). The van der Waals surface area contributed by atoms with Gasteiger partial charge in [-0.1, -0.05) is 0 Å². The van der Waals surface area contributed by atoms with Crippen molar-refractivity contribution in [3.8, 4) is 0 Å². The minimum Gasteiger partial charge on any atom is -0.469 e. The van der Waals surface area contributed by atoms with E-state index in [1.54, 1.807) is 30.4 Å². The molecule has 0 fully saturated rings. The Balaban J connectivity index is 2.30. The van der Waals surface area contributed by atoms with E-state index < -0.39 is 0 Å². The van der Waals surface area contributed by atoms with Crippen LogP contribution in [0.5, 0.6) is 0 Å². The molecular formula is C11H16N4O3. The topological polar surface area (TPSA) is 84.4 Å². The first kappa shape index (κ1) is 13.9. The van der Waals surface area contributed by atoms with Gasteiger partial charge in [-0.2, -0.15) is 0 Å². The number of hydrogen-bond donors (Lipinski definition) is 1. The zero-order valence-corrected chi connectivity index (χ0v) is 10.4. The summed E-state index contributed by atoms with van der Waals surface area (Å²) in [5.74, 6) is -0.0791. The third kappa shape index (κ3) is 4.77. The van der Waals surface area contributed by atoms with Gasteiger partial charge in [0.05, 0.1) is 20.1 Å². The molecule has 0 radical (unpaired) electrons. The van der Waals surface area contributed by atoms with Gasteiger partial charge in [0.1, 0.15) is 0 Å². The predicted octanol–water partition coefficient (Wildman–Crippen LogP) is -0.408. The lowest BCUT2D eigenvalue weighted by Crippen LogP contribution is -2.36. The molecule has 0 bridgehead atoms. The van der Waals surface area contributed by atoms with Crippen molar-refractivity contribution in [2.24, 2.45) is 0 Å². The number of aromatic nitrogens is 2. The lowest BCUT2D eigenvalue weighted by Gasteiger charge is -2.15. The third-order valence-corrected chi connectivity index (χ3v) is 2.15. The second-order valence-corrected chi connectivity index (χ2v) is 3.58. The fourth-order valence-corrected chi connectivity index (χ4v) is 1.24. The second kappa shape index (κ2) is 7.21. The summed E-state index contributed by atoms with van der Waals surface area (Å²) < 4.78 is 4.46. The summed E-state index contributed by atoms with van der Waals surface area (Å²) in [4.78, 5) is 32.0. The van der Waals surface area contributed by atoms with E-state index in [2.05, 4.69) is 20.0 Å². The maximum Gasteiger partial charge on any atom is 0.307 e. The Bertz CT molecular complexity index is 397. The molecule has 0 unspecified atom stereocenters.